The molecule has 0 aliphatic rings. The Bertz CT molecular complexity index is 5570. The summed E-state index contributed by atoms with van der Waals surface area (Å²) >= 11 is 0. The van der Waals surface area contributed by atoms with Crippen LogP contribution in [0.1, 0.15) is 16.7 Å². The van der Waals surface area contributed by atoms with Crippen LogP contribution < -0.4 is 0 Å². The van der Waals surface area contributed by atoms with Gasteiger partial charge in [-0.3, -0.25) is 9.13 Å². The van der Waals surface area contributed by atoms with Crippen LogP contribution in [0.2, 0.25) is 0 Å². The van der Waals surface area contributed by atoms with E-state index in [0.29, 0.717) is 11.6 Å². The molecule has 0 fully saturated rings. The van der Waals surface area contributed by atoms with Gasteiger partial charge in [-0.05, 0) is 105 Å². The summed E-state index contributed by atoms with van der Waals surface area (Å²) in [6.07, 6.45) is 0. The second kappa shape index (κ2) is 21.2. The Kier molecular flexibility index (Phi) is 12.4. The van der Waals surface area contributed by atoms with Gasteiger partial charge in [0.25, 0.3) is 0 Å². The van der Waals surface area contributed by atoms with E-state index in [9.17, 15) is 0 Å². The van der Waals surface area contributed by atoms with Gasteiger partial charge in [0, 0.05) is 71.3 Å². The molecule has 0 N–H and O–H groups in total. The third kappa shape index (κ3) is 8.79. The summed E-state index contributed by atoms with van der Waals surface area (Å²) in [6, 6.07) is 102. The maximum Gasteiger partial charge on any atom is 0.165 e. The van der Waals surface area contributed by atoms with Crippen LogP contribution in [-0.4, -0.2) is 38.6 Å². The van der Waals surface area contributed by atoms with Gasteiger partial charge in [-0.15, -0.1) is 0 Å². The predicted octanol–water partition coefficient (Wildman–Crippen LogP) is 20.5. The van der Waals surface area contributed by atoms with E-state index < -0.39 is 0 Å². The average Bonchev–Trinajstić information content (AvgIpc) is 1.52. The first-order valence-corrected chi connectivity index (χ1v) is 30.6. The first-order chi connectivity index (χ1) is 44.3. The number of fused-ring (bicyclic) bond motifs is 9. The molecule has 6 heterocycles. The van der Waals surface area contributed by atoms with Gasteiger partial charge >= 0.3 is 0 Å². The molecule has 0 aliphatic heterocycles. The second-order valence-corrected chi connectivity index (χ2v) is 23.5. The number of hydrogen-bond donors (Lipinski definition) is 0. The smallest absolute Gasteiger partial charge is 0.165 e. The van der Waals surface area contributed by atoms with Crippen LogP contribution in [0.5, 0.6) is 0 Å². The predicted molar refractivity (Wildman–Crippen MR) is 371 cm³/mol. The van der Waals surface area contributed by atoms with Crippen molar-refractivity contribution in [2.24, 2.45) is 0 Å². The van der Waals surface area contributed by atoms with Gasteiger partial charge in [0.05, 0.1) is 61.6 Å². The lowest BCUT2D eigenvalue weighted by molar-refractivity contribution is 0.984. The molecule has 0 aliphatic carbocycles. The highest BCUT2D eigenvalue weighted by Gasteiger charge is 2.28. The van der Waals surface area contributed by atoms with Crippen LogP contribution in [0.15, 0.2) is 285 Å². The normalized spacial score (nSPS) is 11.7. The van der Waals surface area contributed by atoms with Gasteiger partial charge in [-0.1, -0.05) is 223 Å². The van der Waals surface area contributed by atoms with E-state index in [1.54, 1.807) is 0 Å². The maximum absolute atomic E-state index is 6.16. The second-order valence-electron chi connectivity index (χ2n) is 23.5. The van der Waals surface area contributed by atoms with E-state index in [-0.39, 0.29) is 0 Å². The number of pyridine rings is 1. The fourth-order valence-electron chi connectivity index (χ4n) is 13.5. The Labute approximate surface area is 520 Å². The van der Waals surface area contributed by atoms with Crippen molar-refractivity contribution in [3.8, 4) is 96.3 Å². The van der Waals surface area contributed by atoms with Crippen LogP contribution in [0.25, 0.3) is 162 Å². The molecule has 424 valence electrons. The van der Waals surface area contributed by atoms with Crippen molar-refractivity contribution in [3.05, 3.63) is 302 Å². The molecule has 0 amide bonds. The minimum Gasteiger partial charge on any atom is -0.305 e. The first kappa shape index (κ1) is 52.5. The van der Waals surface area contributed by atoms with E-state index in [1.807, 2.05) is 48.5 Å². The highest BCUT2D eigenvalue weighted by molar-refractivity contribution is 6.13. The molecule has 0 spiro atoms. The van der Waals surface area contributed by atoms with Crippen molar-refractivity contribution in [2.45, 2.75) is 20.8 Å². The van der Waals surface area contributed by atoms with Crippen LogP contribution in [0, 0.1) is 20.8 Å². The standard InChI is InChI=1S/C82H56N8/c1-51-36-41-75-65(44-51)60-30-16-19-33-72(60)88(75)78-48-63(79(89-73-34-20-17-31-61(73)66-45-52(2)37-42-76(66)89)82(87-78)90-74-35-21-18-32-62(74)67-46-53(3)38-43-77(67)90)58-39-40-59(70-49-68(54-22-8-4-9-23-54)83-80(85-70)56-26-12-6-13-27-56)64(47-58)71-50-69(55-24-10-5-11-25-55)84-81(86-71)57-28-14-7-15-29-57/h4-50H,1-3H3. The molecule has 8 heteroatoms. The number of nitrogens with zero attached hydrogens (tertiary/aromatic N) is 8. The SMILES string of the molecule is Cc1ccc2c(c1)c1ccccc1n2-c1cc(-c2ccc(-c3cc(-c4ccccc4)nc(-c4ccccc4)n3)c(-c3cc(-c4ccccc4)nc(-c4ccccc4)n3)c2)c(-n2c3ccccc3c3cc(C)ccc32)c(-n2c3ccccc3c3cc(C)ccc32)n1. The number of aryl methyl sites for hydroxylation is 3. The third-order valence-electron chi connectivity index (χ3n) is 17.6. The summed E-state index contributed by atoms with van der Waals surface area (Å²) in [6.45, 7) is 6.52. The minimum absolute atomic E-state index is 0.610. The summed E-state index contributed by atoms with van der Waals surface area (Å²) in [4.78, 5) is 27.9. The largest absolute Gasteiger partial charge is 0.305 e. The van der Waals surface area contributed by atoms with Gasteiger partial charge in [-0.2, -0.15) is 0 Å². The molecule has 17 rings (SSSR count). The molecular formula is C82H56N8. The quantitative estimate of drug-likeness (QED) is 0.136. The number of para-hydroxylation sites is 3. The number of hydrogen-bond acceptors (Lipinski definition) is 5. The van der Waals surface area contributed by atoms with Gasteiger partial charge in [0.1, 0.15) is 5.82 Å². The molecule has 0 atom stereocenters. The fraction of sp³-hybridized carbons (Fsp3) is 0.0366. The number of rotatable bonds is 10. The van der Waals surface area contributed by atoms with Gasteiger partial charge in [0.2, 0.25) is 0 Å². The van der Waals surface area contributed by atoms with Crippen LogP contribution in [-0.2, 0) is 0 Å². The van der Waals surface area contributed by atoms with Crippen LogP contribution >= 0.6 is 0 Å². The summed E-state index contributed by atoms with van der Waals surface area (Å²) in [5, 5.41) is 6.94. The van der Waals surface area contributed by atoms with Gasteiger partial charge in [0.15, 0.2) is 17.5 Å². The van der Waals surface area contributed by atoms with Crippen LogP contribution in [0.3, 0.4) is 0 Å². The Morgan fingerprint density at radius 3 is 1.10 bits per heavy atom. The van der Waals surface area contributed by atoms with E-state index >= 15 is 0 Å². The Hall–Kier alpha value is -11.9. The first-order valence-electron chi connectivity index (χ1n) is 30.6. The fourth-order valence-corrected chi connectivity index (χ4v) is 13.5. The maximum atomic E-state index is 6.16. The summed E-state index contributed by atoms with van der Waals surface area (Å²) in [5.41, 5.74) is 21.4. The average molecular weight is 1150 g/mol. The zero-order valence-electron chi connectivity index (χ0n) is 49.7. The van der Waals surface area contributed by atoms with Crippen molar-refractivity contribution in [1.29, 1.82) is 0 Å². The number of benzene rings is 11. The Morgan fingerprint density at radius 2 is 0.611 bits per heavy atom. The molecule has 0 saturated heterocycles. The number of aromatic nitrogens is 8. The van der Waals surface area contributed by atoms with E-state index in [0.717, 1.165) is 150 Å². The van der Waals surface area contributed by atoms with Crippen LogP contribution in [0.4, 0.5) is 0 Å². The lowest BCUT2D eigenvalue weighted by Gasteiger charge is -2.23. The molecule has 0 radical (unpaired) electrons. The lowest BCUT2D eigenvalue weighted by Crippen LogP contribution is -2.11. The van der Waals surface area contributed by atoms with Gasteiger partial charge < -0.3 is 4.57 Å². The molecule has 0 saturated carbocycles. The van der Waals surface area contributed by atoms with E-state index in [1.165, 1.54) is 16.7 Å². The Morgan fingerprint density at radius 1 is 0.233 bits per heavy atom. The Balaban J connectivity index is 1.06. The zero-order valence-corrected chi connectivity index (χ0v) is 49.7. The lowest BCUT2D eigenvalue weighted by atomic mass is 9.93. The van der Waals surface area contributed by atoms with Crippen molar-refractivity contribution < 1.29 is 0 Å². The molecule has 0 bridgehead atoms. The van der Waals surface area contributed by atoms with Crippen molar-refractivity contribution in [2.75, 3.05) is 0 Å². The van der Waals surface area contributed by atoms with Crippen molar-refractivity contribution in [1.82, 2.24) is 38.6 Å². The van der Waals surface area contributed by atoms with E-state index in [2.05, 4.69) is 271 Å². The molecule has 0 unspecified atom stereocenters. The minimum atomic E-state index is 0.610. The third-order valence-corrected chi connectivity index (χ3v) is 17.6. The molecule has 8 nitrogen and oxygen atoms in total. The van der Waals surface area contributed by atoms with E-state index in [4.69, 9.17) is 24.9 Å². The molecular weight excluding hydrogens is 1100 g/mol. The molecule has 6 aromatic heterocycles. The highest BCUT2D eigenvalue weighted by Crippen LogP contribution is 2.46. The van der Waals surface area contributed by atoms with Crippen molar-refractivity contribution in [3.63, 3.8) is 0 Å². The monoisotopic (exact) mass is 1150 g/mol. The summed E-state index contributed by atoms with van der Waals surface area (Å²) in [5.74, 6) is 2.78. The molecule has 17 aromatic rings. The van der Waals surface area contributed by atoms with Gasteiger partial charge in [-0.25, -0.2) is 24.9 Å². The summed E-state index contributed by atoms with van der Waals surface area (Å²) in [7, 11) is 0. The molecule has 90 heavy (non-hydrogen) atoms. The zero-order chi connectivity index (χ0) is 60.0. The highest BCUT2D eigenvalue weighted by atomic mass is 15.2. The topological polar surface area (TPSA) is 79.2 Å². The molecule has 11 aromatic carbocycles. The summed E-state index contributed by atoms with van der Waals surface area (Å²) < 4.78 is 7.25. The van der Waals surface area contributed by atoms with Crippen molar-refractivity contribution >= 4 is 65.4 Å².